The maximum absolute atomic E-state index is 12.5. The molecule has 1 aromatic heterocycles. The second-order valence-corrected chi connectivity index (χ2v) is 6.07. The SMILES string of the molecule is CCN(CC)C(=O)c1cc(NC(=O)CCc2ccccc2)c(=O)n(C)c1. The van der Waals surface area contributed by atoms with Crippen LogP contribution in [0, 0.1) is 0 Å². The number of pyridine rings is 1. The minimum absolute atomic E-state index is 0.128. The molecule has 0 unspecified atom stereocenters. The molecule has 0 saturated heterocycles. The van der Waals surface area contributed by atoms with E-state index in [9.17, 15) is 14.4 Å². The lowest BCUT2D eigenvalue weighted by Crippen LogP contribution is -2.32. The molecule has 2 rings (SSSR count). The van der Waals surface area contributed by atoms with Crippen LogP contribution >= 0.6 is 0 Å². The van der Waals surface area contributed by atoms with Crippen molar-refractivity contribution >= 4 is 17.5 Å². The van der Waals surface area contributed by atoms with Gasteiger partial charge in [0.1, 0.15) is 5.69 Å². The average Bonchev–Trinajstić information content (AvgIpc) is 2.65. The first kappa shape index (κ1) is 19.4. The van der Waals surface area contributed by atoms with Crippen molar-refractivity contribution in [3.05, 3.63) is 64.1 Å². The smallest absolute Gasteiger partial charge is 0.274 e. The van der Waals surface area contributed by atoms with Crippen LogP contribution in [-0.2, 0) is 18.3 Å². The highest BCUT2D eigenvalue weighted by Gasteiger charge is 2.16. The van der Waals surface area contributed by atoms with Crippen LogP contribution in [-0.4, -0.2) is 34.4 Å². The van der Waals surface area contributed by atoms with Gasteiger partial charge in [0.15, 0.2) is 0 Å². The summed E-state index contributed by atoms with van der Waals surface area (Å²) in [6.07, 6.45) is 2.36. The molecule has 6 nitrogen and oxygen atoms in total. The zero-order valence-corrected chi connectivity index (χ0v) is 15.5. The van der Waals surface area contributed by atoms with Gasteiger partial charge < -0.3 is 14.8 Å². The summed E-state index contributed by atoms with van der Waals surface area (Å²) >= 11 is 0. The summed E-state index contributed by atoms with van der Waals surface area (Å²) < 4.78 is 1.32. The van der Waals surface area contributed by atoms with Crippen molar-refractivity contribution in [2.75, 3.05) is 18.4 Å². The molecule has 1 aromatic carbocycles. The van der Waals surface area contributed by atoms with Crippen molar-refractivity contribution in [3.63, 3.8) is 0 Å². The molecule has 0 aliphatic carbocycles. The molecule has 6 heteroatoms. The van der Waals surface area contributed by atoms with Gasteiger partial charge in [0.05, 0.1) is 5.56 Å². The Morgan fingerprint density at radius 1 is 1.12 bits per heavy atom. The molecule has 1 N–H and O–H groups in total. The predicted octanol–water partition coefficient (Wildman–Crippen LogP) is 2.44. The Balaban J connectivity index is 2.14. The third-order valence-electron chi connectivity index (χ3n) is 4.24. The molecule has 26 heavy (non-hydrogen) atoms. The van der Waals surface area contributed by atoms with Crippen LogP contribution in [0.25, 0.3) is 0 Å². The van der Waals surface area contributed by atoms with Crippen molar-refractivity contribution in [1.82, 2.24) is 9.47 Å². The van der Waals surface area contributed by atoms with Gasteiger partial charge >= 0.3 is 0 Å². The molecule has 0 radical (unpaired) electrons. The quantitative estimate of drug-likeness (QED) is 0.829. The Bertz CT molecular complexity index is 824. The molecule has 0 bridgehead atoms. The van der Waals surface area contributed by atoms with Crippen molar-refractivity contribution in [3.8, 4) is 0 Å². The number of nitrogens with one attached hydrogen (secondary N) is 1. The summed E-state index contributed by atoms with van der Waals surface area (Å²) in [5, 5.41) is 2.65. The van der Waals surface area contributed by atoms with Crippen LogP contribution in [0.5, 0.6) is 0 Å². The molecular weight excluding hydrogens is 330 g/mol. The number of nitrogens with zero attached hydrogens (tertiary/aromatic N) is 2. The van der Waals surface area contributed by atoms with E-state index in [0.717, 1.165) is 5.56 Å². The monoisotopic (exact) mass is 355 g/mol. The first-order valence-electron chi connectivity index (χ1n) is 8.80. The lowest BCUT2D eigenvalue weighted by Gasteiger charge is -2.19. The highest BCUT2D eigenvalue weighted by Crippen LogP contribution is 2.10. The Hall–Kier alpha value is -2.89. The van der Waals surface area contributed by atoms with Gasteiger partial charge in [-0.15, -0.1) is 0 Å². The zero-order chi connectivity index (χ0) is 19.1. The van der Waals surface area contributed by atoms with E-state index in [1.807, 2.05) is 44.2 Å². The van der Waals surface area contributed by atoms with Crippen molar-refractivity contribution in [1.29, 1.82) is 0 Å². The summed E-state index contributed by atoms with van der Waals surface area (Å²) in [6, 6.07) is 11.1. The van der Waals surface area contributed by atoms with E-state index in [0.29, 0.717) is 25.1 Å². The van der Waals surface area contributed by atoms with E-state index in [-0.39, 0.29) is 29.5 Å². The van der Waals surface area contributed by atoms with Crippen LogP contribution in [0.1, 0.15) is 36.2 Å². The highest BCUT2D eigenvalue weighted by molar-refractivity contribution is 5.96. The molecule has 0 aliphatic heterocycles. The van der Waals surface area contributed by atoms with Crippen LogP contribution in [0.3, 0.4) is 0 Å². The van der Waals surface area contributed by atoms with Gasteiger partial charge in [0.25, 0.3) is 11.5 Å². The maximum atomic E-state index is 12.5. The summed E-state index contributed by atoms with van der Waals surface area (Å²) in [5.41, 5.74) is 1.23. The van der Waals surface area contributed by atoms with Crippen molar-refractivity contribution in [2.24, 2.45) is 7.05 Å². The number of anilines is 1. The topological polar surface area (TPSA) is 71.4 Å². The van der Waals surface area contributed by atoms with Crippen LogP contribution in [0.4, 0.5) is 5.69 Å². The summed E-state index contributed by atoms with van der Waals surface area (Å²) in [6.45, 7) is 4.96. The first-order valence-corrected chi connectivity index (χ1v) is 8.80. The number of aromatic nitrogens is 1. The maximum Gasteiger partial charge on any atom is 0.274 e. The first-order chi connectivity index (χ1) is 12.5. The van der Waals surface area contributed by atoms with Gasteiger partial charge in [-0.1, -0.05) is 30.3 Å². The Kier molecular flexibility index (Phi) is 6.72. The highest BCUT2D eigenvalue weighted by atomic mass is 16.2. The fourth-order valence-electron chi connectivity index (χ4n) is 2.73. The summed E-state index contributed by atoms with van der Waals surface area (Å²) in [5.74, 6) is -0.413. The van der Waals surface area contributed by atoms with Gasteiger partial charge in [0.2, 0.25) is 5.91 Å². The van der Waals surface area contributed by atoms with E-state index in [1.165, 1.54) is 16.8 Å². The van der Waals surface area contributed by atoms with E-state index in [4.69, 9.17) is 0 Å². The van der Waals surface area contributed by atoms with Gasteiger partial charge in [-0.3, -0.25) is 14.4 Å². The van der Waals surface area contributed by atoms with E-state index in [1.54, 1.807) is 11.9 Å². The average molecular weight is 355 g/mol. The standard InChI is InChI=1S/C20H25N3O3/c1-4-23(5-2)19(25)16-13-17(20(26)22(3)14-16)21-18(24)12-11-15-9-7-6-8-10-15/h6-10,13-14H,4-5,11-12H2,1-3H3,(H,21,24). The number of rotatable bonds is 7. The molecule has 0 atom stereocenters. The van der Waals surface area contributed by atoms with E-state index >= 15 is 0 Å². The number of hydrogen-bond acceptors (Lipinski definition) is 3. The second-order valence-electron chi connectivity index (χ2n) is 6.07. The minimum atomic E-state index is -0.339. The van der Waals surface area contributed by atoms with Crippen LogP contribution in [0.2, 0.25) is 0 Å². The van der Waals surface area contributed by atoms with Gasteiger partial charge in [-0.05, 0) is 31.9 Å². The lowest BCUT2D eigenvalue weighted by atomic mass is 10.1. The predicted molar refractivity (Wildman–Crippen MR) is 102 cm³/mol. The van der Waals surface area contributed by atoms with Crippen LogP contribution in [0.15, 0.2) is 47.4 Å². The summed E-state index contributed by atoms with van der Waals surface area (Å²) in [4.78, 5) is 38.7. The molecule has 138 valence electrons. The number of amides is 2. The fourth-order valence-corrected chi connectivity index (χ4v) is 2.73. The van der Waals surface area contributed by atoms with E-state index < -0.39 is 0 Å². The number of aryl methyl sites for hydroxylation is 2. The number of carbonyl (C=O) groups excluding carboxylic acids is 2. The van der Waals surface area contributed by atoms with Gasteiger partial charge in [0, 0.05) is 32.8 Å². The fraction of sp³-hybridized carbons (Fsp3) is 0.350. The summed E-state index contributed by atoms with van der Waals surface area (Å²) in [7, 11) is 1.57. The third kappa shape index (κ3) is 4.81. The van der Waals surface area contributed by atoms with Crippen molar-refractivity contribution in [2.45, 2.75) is 26.7 Å². The van der Waals surface area contributed by atoms with E-state index in [2.05, 4.69) is 5.32 Å². The van der Waals surface area contributed by atoms with Crippen LogP contribution < -0.4 is 10.9 Å². The molecule has 0 fully saturated rings. The Morgan fingerprint density at radius 2 is 1.77 bits per heavy atom. The number of carbonyl (C=O) groups is 2. The molecule has 0 saturated carbocycles. The molecule has 0 aliphatic rings. The number of benzene rings is 1. The molecule has 1 heterocycles. The second kappa shape index (κ2) is 8.99. The number of hydrogen-bond donors (Lipinski definition) is 1. The largest absolute Gasteiger partial charge is 0.339 e. The molecule has 2 amide bonds. The third-order valence-corrected chi connectivity index (χ3v) is 4.24. The normalized spacial score (nSPS) is 10.4. The van der Waals surface area contributed by atoms with Gasteiger partial charge in [-0.2, -0.15) is 0 Å². The Morgan fingerprint density at radius 3 is 2.38 bits per heavy atom. The molecule has 0 spiro atoms. The zero-order valence-electron chi connectivity index (χ0n) is 15.5. The van der Waals surface area contributed by atoms with Crippen molar-refractivity contribution < 1.29 is 9.59 Å². The lowest BCUT2D eigenvalue weighted by molar-refractivity contribution is -0.116. The molecule has 2 aromatic rings. The molecular formula is C20H25N3O3. The Labute approximate surface area is 153 Å². The minimum Gasteiger partial charge on any atom is -0.339 e. The van der Waals surface area contributed by atoms with Gasteiger partial charge in [-0.25, -0.2) is 0 Å².